The molecule has 0 aliphatic heterocycles. The molecule has 0 saturated carbocycles. The average Bonchev–Trinajstić information content (AvgIpc) is 2.49. The SMILES string of the molecule is COc1ccc(SCC(=O)Nc2c(Cl)cccc2Cl)cc1. The normalized spacial score (nSPS) is 10.2. The number of hydrogen-bond donors (Lipinski definition) is 1. The molecule has 2 aromatic rings. The van der Waals surface area contributed by atoms with Gasteiger partial charge in [0.1, 0.15) is 5.75 Å². The van der Waals surface area contributed by atoms with Crippen LogP contribution in [0.15, 0.2) is 47.4 Å². The number of ether oxygens (including phenoxy) is 1. The molecule has 1 N–H and O–H groups in total. The first-order valence-electron chi connectivity index (χ1n) is 6.11. The molecule has 2 rings (SSSR count). The van der Waals surface area contributed by atoms with Crippen LogP contribution in [0.3, 0.4) is 0 Å². The van der Waals surface area contributed by atoms with Crippen LogP contribution in [-0.4, -0.2) is 18.8 Å². The molecule has 21 heavy (non-hydrogen) atoms. The lowest BCUT2D eigenvalue weighted by Gasteiger charge is -2.09. The second-order valence-electron chi connectivity index (χ2n) is 4.11. The molecule has 0 aliphatic carbocycles. The zero-order chi connectivity index (χ0) is 15.2. The molecule has 2 aromatic carbocycles. The van der Waals surface area contributed by atoms with Gasteiger partial charge in [-0.1, -0.05) is 29.3 Å². The largest absolute Gasteiger partial charge is 0.497 e. The monoisotopic (exact) mass is 341 g/mol. The van der Waals surface area contributed by atoms with Gasteiger partial charge in [-0.3, -0.25) is 4.79 Å². The van der Waals surface area contributed by atoms with E-state index in [1.54, 1.807) is 25.3 Å². The van der Waals surface area contributed by atoms with E-state index in [1.165, 1.54) is 11.8 Å². The van der Waals surface area contributed by atoms with Gasteiger partial charge in [-0.05, 0) is 36.4 Å². The van der Waals surface area contributed by atoms with Gasteiger partial charge in [-0.15, -0.1) is 11.8 Å². The number of amides is 1. The number of carbonyl (C=O) groups excluding carboxylic acids is 1. The number of benzene rings is 2. The Kier molecular flexibility index (Phi) is 5.79. The summed E-state index contributed by atoms with van der Waals surface area (Å²) >= 11 is 13.4. The number of nitrogens with one attached hydrogen (secondary N) is 1. The summed E-state index contributed by atoms with van der Waals surface area (Å²) in [5.74, 6) is 0.894. The zero-order valence-electron chi connectivity index (χ0n) is 11.2. The molecule has 0 spiro atoms. The zero-order valence-corrected chi connectivity index (χ0v) is 13.6. The Morgan fingerprint density at radius 1 is 1.14 bits per heavy atom. The molecule has 3 nitrogen and oxygen atoms in total. The van der Waals surface area contributed by atoms with Crippen molar-refractivity contribution in [2.75, 3.05) is 18.2 Å². The van der Waals surface area contributed by atoms with E-state index in [9.17, 15) is 4.79 Å². The third-order valence-electron chi connectivity index (χ3n) is 2.66. The van der Waals surface area contributed by atoms with Crippen molar-refractivity contribution in [2.45, 2.75) is 4.90 Å². The minimum Gasteiger partial charge on any atom is -0.497 e. The van der Waals surface area contributed by atoms with Crippen molar-refractivity contribution < 1.29 is 9.53 Å². The van der Waals surface area contributed by atoms with E-state index in [2.05, 4.69) is 5.32 Å². The third kappa shape index (κ3) is 4.56. The van der Waals surface area contributed by atoms with E-state index >= 15 is 0 Å². The standard InChI is InChI=1S/C15H13Cl2NO2S/c1-20-10-5-7-11(8-6-10)21-9-14(19)18-15-12(16)3-2-4-13(15)17/h2-8H,9H2,1H3,(H,18,19). The number of anilines is 1. The predicted molar refractivity (Wildman–Crippen MR) is 88.8 cm³/mol. The summed E-state index contributed by atoms with van der Waals surface area (Å²) in [5.41, 5.74) is 0.446. The van der Waals surface area contributed by atoms with Crippen molar-refractivity contribution in [1.29, 1.82) is 0 Å². The van der Waals surface area contributed by atoms with E-state index in [0.717, 1.165) is 10.6 Å². The predicted octanol–water partition coefficient (Wildman–Crippen LogP) is 4.73. The quantitative estimate of drug-likeness (QED) is 0.798. The van der Waals surface area contributed by atoms with Crippen LogP contribution >= 0.6 is 35.0 Å². The fraction of sp³-hybridized carbons (Fsp3) is 0.133. The van der Waals surface area contributed by atoms with Crippen LogP contribution in [0.25, 0.3) is 0 Å². The summed E-state index contributed by atoms with van der Waals surface area (Å²) < 4.78 is 5.08. The Hall–Kier alpha value is -1.36. The maximum absolute atomic E-state index is 11.9. The molecule has 0 atom stereocenters. The summed E-state index contributed by atoms with van der Waals surface area (Å²) in [6.07, 6.45) is 0. The molecule has 0 bridgehead atoms. The number of methoxy groups -OCH3 is 1. The average molecular weight is 342 g/mol. The molecular formula is C15H13Cl2NO2S. The van der Waals surface area contributed by atoms with Gasteiger partial charge in [0, 0.05) is 4.90 Å². The van der Waals surface area contributed by atoms with Crippen molar-refractivity contribution in [3.63, 3.8) is 0 Å². The number of hydrogen-bond acceptors (Lipinski definition) is 3. The lowest BCUT2D eigenvalue weighted by Crippen LogP contribution is -2.14. The van der Waals surface area contributed by atoms with E-state index < -0.39 is 0 Å². The lowest BCUT2D eigenvalue weighted by molar-refractivity contribution is -0.113. The van der Waals surface area contributed by atoms with Crippen LogP contribution in [-0.2, 0) is 4.79 Å². The van der Waals surface area contributed by atoms with Gasteiger partial charge in [0.25, 0.3) is 0 Å². The van der Waals surface area contributed by atoms with Gasteiger partial charge in [0.2, 0.25) is 5.91 Å². The van der Waals surface area contributed by atoms with Crippen LogP contribution in [0, 0.1) is 0 Å². The molecule has 1 amide bonds. The summed E-state index contributed by atoms with van der Waals surface area (Å²) in [5, 5.41) is 3.57. The first kappa shape index (κ1) is 16.0. The first-order chi connectivity index (χ1) is 10.1. The minimum atomic E-state index is -0.161. The van der Waals surface area contributed by atoms with Crippen molar-refractivity contribution in [3.05, 3.63) is 52.5 Å². The van der Waals surface area contributed by atoms with Crippen molar-refractivity contribution in [3.8, 4) is 5.75 Å². The molecule has 0 saturated heterocycles. The molecule has 0 aromatic heterocycles. The Balaban J connectivity index is 1.92. The van der Waals surface area contributed by atoms with Gasteiger partial charge in [0.05, 0.1) is 28.6 Å². The van der Waals surface area contributed by atoms with E-state index in [0.29, 0.717) is 15.7 Å². The highest BCUT2D eigenvalue weighted by Gasteiger charge is 2.10. The topological polar surface area (TPSA) is 38.3 Å². The molecule has 0 aliphatic rings. The molecule has 0 unspecified atom stereocenters. The minimum absolute atomic E-state index is 0.161. The summed E-state index contributed by atoms with van der Waals surface area (Å²) in [6, 6.07) is 12.6. The number of thioether (sulfide) groups is 1. The Morgan fingerprint density at radius 2 is 1.76 bits per heavy atom. The summed E-state index contributed by atoms with van der Waals surface area (Å²) in [7, 11) is 1.61. The van der Waals surface area contributed by atoms with Gasteiger partial charge in [0.15, 0.2) is 0 Å². The van der Waals surface area contributed by atoms with Gasteiger partial charge < -0.3 is 10.1 Å². The van der Waals surface area contributed by atoms with E-state index in [4.69, 9.17) is 27.9 Å². The first-order valence-corrected chi connectivity index (χ1v) is 7.85. The van der Waals surface area contributed by atoms with Crippen LogP contribution in [0.2, 0.25) is 10.0 Å². The highest BCUT2D eigenvalue weighted by atomic mass is 35.5. The second-order valence-corrected chi connectivity index (χ2v) is 5.97. The molecule has 6 heteroatoms. The molecule has 0 heterocycles. The molecule has 0 fully saturated rings. The maximum Gasteiger partial charge on any atom is 0.234 e. The van der Waals surface area contributed by atoms with Crippen LogP contribution in [0.4, 0.5) is 5.69 Å². The molecular weight excluding hydrogens is 329 g/mol. The van der Waals surface area contributed by atoms with Gasteiger partial charge >= 0.3 is 0 Å². The van der Waals surface area contributed by atoms with Crippen molar-refractivity contribution >= 4 is 46.6 Å². The summed E-state index contributed by atoms with van der Waals surface area (Å²) in [6.45, 7) is 0. The maximum atomic E-state index is 11.9. The number of halogens is 2. The third-order valence-corrected chi connectivity index (χ3v) is 4.30. The smallest absolute Gasteiger partial charge is 0.234 e. The number of para-hydroxylation sites is 1. The van der Waals surface area contributed by atoms with Crippen LogP contribution in [0.1, 0.15) is 0 Å². The second kappa shape index (κ2) is 7.59. The Labute approximate surface area is 137 Å². The van der Waals surface area contributed by atoms with Crippen LogP contribution < -0.4 is 10.1 Å². The Morgan fingerprint density at radius 3 is 2.33 bits per heavy atom. The lowest BCUT2D eigenvalue weighted by atomic mass is 10.3. The highest BCUT2D eigenvalue weighted by molar-refractivity contribution is 8.00. The number of rotatable bonds is 5. The molecule has 0 radical (unpaired) electrons. The van der Waals surface area contributed by atoms with Crippen molar-refractivity contribution in [1.82, 2.24) is 0 Å². The molecule has 110 valence electrons. The number of carbonyl (C=O) groups is 1. The fourth-order valence-corrected chi connectivity index (χ4v) is 2.80. The van der Waals surface area contributed by atoms with E-state index in [-0.39, 0.29) is 11.7 Å². The Bertz CT molecular complexity index is 612. The highest BCUT2D eigenvalue weighted by Crippen LogP contribution is 2.30. The van der Waals surface area contributed by atoms with Gasteiger partial charge in [-0.25, -0.2) is 0 Å². The van der Waals surface area contributed by atoms with E-state index in [1.807, 2.05) is 24.3 Å². The summed E-state index contributed by atoms with van der Waals surface area (Å²) in [4.78, 5) is 12.9. The van der Waals surface area contributed by atoms with Gasteiger partial charge in [-0.2, -0.15) is 0 Å². The van der Waals surface area contributed by atoms with Crippen LogP contribution in [0.5, 0.6) is 5.75 Å². The fourth-order valence-electron chi connectivity index (χ4n) is 1.61. The van der Waals surface area contributed by atoms with Crippen molar-refractivity contribution in [2.24, 2.45) is 0 Å².